The molecule has 0 bridgehead atoms. The van der Waals surface area contributed by atoms with Crippen molar-refractivity contribution in [3.63, 3.8) is 0 Å². The highest BCUT2D eigenvalue weighted by Crippen LogP contribution is 2.28. The third-order valence-electron chi connectivity index (χ3n) is 1.98. The van der Waals surface area contributed by atoms with E-state index in [9.17, 15) is 0 Å². The van der Waals surface area contributed by atoms with E-state index in [0.717, 1.165) is 16.7 Å². The van der Waals surface area contributed by atoms with Gasteiger partial charge < -0.3 is 4.42 Å². The summed E-state index contributed by atoms with van der Waals surface area (Å²) in [6, 6.07) is 5.87. The summed E-state index contributed by atoms with van der Waals surface area (Å²) in [5.74, 6) is 0.904. The molecule has 62 valence electrons. The lowest BCUT2D eigenvalue weighted by molar-refractivity contribution is 0.578. The van der Waals surface area contributed by atoms with Crippen molar-refractivity contribution in [3.05, 3.63) is 34.5 Å². The maximum absolute atomic E-state index is 5.95. The fraction of sp³-hybridized carbons (Fsp3) is 0.200. The highest BCUT2D eigenvalue weighted by Gasteiger charge is 2.06. The van der Waals surface area contributed by atoms with Crippen molar-refractivity contribution in [1.29, 1.82) is 0 Å². The number of halogens is 1. The smallest absolute Gasteiger partial charge is 0.153 e. The van der Waals surface area contributed by atoms with Gasteiger partial charge in [0, 0.05) is 5.39 Å². The van der Waals surface area contributed by atoms with Crippen molar-refractivity contribution in [3.8, 4) is 0 Å². The zero-order valence-electron chi connectivity index (χ0n) is 7.02. The van der Waals surface area contributed by atoms with Crippen molar-refractivity contribution >= 4 is 22.6 Å². The standard InChI is InChI=1S/C10H9ClO/c1-6-3-4-9(11)10-8(6)5-7(2)12-10/h3-5H,1-2H3. The molecule has 2 aromatic rings. The Balaban J connectivity index is 2.93. The molecule has 1 heterocycles. The summed E-state index contributed by atoms with van der Waals surface area (Å²) >= 11 is 5.95. The first-order chi connectivity index (χ1) is 5.68. The van der Waals surface area contributed by atoms with Gasteiger partial charge in [-0.15, -0.1) is 0 Å². The van der Waals surface area contributed by atoms with Gasteiger partial charge in [0.05, 0.1) is 5.02 Å². The lowest BCUT2D eigenvalue weighted by atomic mass is 10.1. The van der Waals surface area contributed by atoms with Crippen LogP contribution < -0.4 is 0 Å². The maximum atomic E-state index is 5.95. The molecule has 1 aromatic carbocycles. The molecule has 12 heavy (non-hydrogen) atoms. The van der Waals surface area contributed by atoms with E-state index in [1.54, 1.807) is 0 Å². The van der Waals surface area contributed by atoms with E-state index < -0.39 is 0 Å². The molecule has 0 aliphatic rings. The second-order valence-corrected chi connectivity index (χ2v) is 3.37. The summed E-state index contributed by atoms with van der Waals surface area (Å²) in [5, 5.41) is 1.80. The number of fused-ring (bicyclic) bond motifs is 1. The van der Waals surface area contributed by atoms with E-state index in [-0.39, 0.29) is 0 Å². The van der Waals surface area contributed by atoms with Gasteiger partial charge in [0.2, 0.25) is 0 Å². The zero-order chi connectivity index (χ0) is 8.72. The number of hydrogen-bond acceptors (Lipinski definition) is 1. The molecule has 0 fully saturated rings. The molecule has 0 saturated carbocycles. The van der Waals surface area contributed by atoms with Crippen LogP contribution in [0.15, 0.2) is 22.6 Å². The number of aryl methyl sites for hydroxylation is 2. The average molecular weight is 181 g/mol. The van der Waals surface area contributed by atoms with Gasteiger partial charge in [0.25, 0.3) is 0 Å². The van der Waals surface area contributed by atoms with Gasteiger partial charge in [0.15, 0.2) is 5.58 Å². The Kier molecular flexibility index (Phi) is 1.62. The van der Waals surface area contributed by atoms with Crippen molar-refractivity contribution in [2.24, 2.45) is 0 Å². The Morgan fingerprint density at radius 2 is 2.00 bits per heavy atom. The largest absolute Gasteiger partial charge is 0.460 e. The first-order valence-electron chi connectivity index (χ1n) is 3.84. The molecule has 2 heteroatoms. The summed E-state index contributed by atoms with van der Waals surface area (Å²) < 4.78 is 5.45. The predicted octanol–water partition coefficient (Wildman–Crippen LogP) is 3.70. The van der Waals surface area contributed by atoms with Crippen LogP contribution in [0.2, 0.25) is 5.02 Å². The third-order valence-corrected chi connectivity index (χ3v) is 2.27. The summed E-state index contributed by atoms with van der Waals surface area (Å²) in [5.41, 5.74) is 2.00. The predicted molar refractivity (Wildman–Crippen MR) is 50.7 cm³/mol. The van der Waals surface area contributed by atoms with E-state index in [1.165, 1.54) is 5.56 Å². The van der Waals surface area contributed by atoms with Crippen LogP contribution in [0.1, 0.15) is 11.3 Å². The molecule has 0 unspecified atom stereocenters. The van der Waals surface area contributed by atoms with Gasteiger partial charge in [-0.25, -0.2) is 0 Å². The van der Waals surface area contributed by atoms with Crippen molar-refractivity contribution < 1.29 is 4.42 Å². The Morgan fingerprint density at radius 3 is 2.67 bits per heavy atom. The normalized spacial score (nSPS) is 10.9. The van der Waals surface area contributed by atoms with Crippen LogP contribution in [-0.2, 0) is 0 Å². The van der Waals surface area contributed by atoms with E-state index >= 15 is 0 Å². The van der Waals surface area contributed by atoms with Crippen molar-refractivity contribution in [1.82, 2.24) is 0 Å². The van der Waals surface area contributed by atoms with E-state index in [4.69, 9.17) is 16.0 Å². The van der Waals surface area contributed by atoms with Crippen LogP contribution in [0.4, 0.5) is 0 Å². The minimum Gasteiger partial charge on any atom is -0.460 e. The summed E-state index contributed by atoms with van der Waals surface area (Å²) in [7, 11) is 0. The number of furan rings is 1. The highest BCUT2D eigenvalue weighted by molar-refractivity contribution is 6.34. The molecule has 0 atom stereocenters. The lowest BCUT2D eigenvalue weighted by Crippen LogP contribution is -1.72. The first kappa shape index (κ1) is 7.69. The molecule has 0 aliphatic carbocycles. The molecule has 0 aliphatic heterocycles. The Labute approximate surface area is 75.9 Å². The van der Waals surface area contributed by atoms with Crippen LogP contribution in [-0.4, -0.2) is 0 Å². The summed E-state index contributed by atoms with van der Waals surface area (Å²) in [4.78, 5) is 0. The van der Waals surface area contributed by atoms with Gasteiger partial charge >= 0.3 is 0 Å². The van der Waals surface area contributed by atoms with E-state index in [1.807, 2.05) is 32.0 Å². The van der Waals surface area contributed by atoms with Crippen LogP contribution in [0, 0.1) is 13.8 Å². The SMILES string of the molecule is Cc1cc2c(C)ccc(Cl)c2o1. The molecule has 0 N–H and O–H groups in total. The Hall–Kier alpha value is -0.950. The lowest BCUT2D eigenvalue weighted by Gasteiger charge is -1.94. The van der Waals surface area contributed by atoms with Gasteiger partial charge in [-0.2, -0.15) is 0 Å². The van der Waals surface area contributed by atoms with Crippen LogP contribution >= 0.6 is 11.6 Å². The monoisotopic (exact) mass is 180 g/mol. The van der Waals surface area contributed by atoms with Crippen LogP contribution in [0.5, 0.6) is 0 Å². The molecule has 0 amide bonds. The van der Waals surface area contributed by atoms with E-state index in [0.29, 0.717) is 5.02 Å². The zero-order valence-corrected chi connectivity index (χ0v) is 7.77. The molecule has 0 saturated heterocycles. The quantitative estimate of drug-likeness (QED) is 0.603. The number of rotatable bonds is 0. The maximum Gasteiger partial charge on any atom is 0.153 e. The molecular formula is C10H9ClO. The van der Waals surface area contributed by atoms with Crippen molar-refractivity contribution in [2.75, 3.05) is 0 Å². The molecule has 2 rings (SSSR count). The Morgan fingerprint density at radius 1 is 1.25 bits per heavy atom. The van der Waals surface area contributed by atoms with E-state index in [2.05, 4.69) is 0 Å². The first-order valence-corrected chi connectivity index (χ1v) is 4.21. The molecule has 1 nitrogen and oxygen atoms in total. The number of benzene rings is 1. The minimum atomic E-state index is 0.684. The van der Waals surface area contributed by atoms with Crippen molar-refractivity contribution in [2.45, 2.75) is 13.8 Å². The average Bonchev–Trinajstić information content (AvgIpc) is 2.41. The third kappa shape index (κ3) is 1.01. The topological polar surface area (TPSA) is 13.1 Å². The fourth-order valence-electron chi connectivity index (χ4n) is 1.35. The van der Waals surface area contributed by atoms with Gasteiger partial charge in [-0.3, -0.25) is 0 Å². The summed E-state index contributed by atoms with van der Waals surface area (Å²) in [6.45, 7) is 3.98. The minimum absolute atomic E-state index is 0.684. The summed E-state index contributed by atoms with van der Waals surface area (Å²) in [6.07, 6.45) is 0. The molecule has 1 aromatic heterocycles. The van der Waals surface area contributed by atoms with Crippen LogP contribution in [0.25, 0.3) is 11.0 Å². The second kappa shape index (κ2) is 2.53. The highest BCUT2D eigenvalue weighted by atomic mass is 35.5. The number of hydrogen-bond donors (Lipinski definition) is 0. The Bertz CT molecular complexity index is 390. The second-order valence-electron chi connectivity index (χ2n) is 2.96. The van der Waals surface area contributed by atoms with Gasteiger partial charge in [0.1, 0.15) is 5.76 Å². The molecule has 0 spiro atoms. The fourth-order valence-corrected chi connectivity index (χ4v) is 1.55. The molecular weight excluding hydrogens is 172 g/mol. The molecule has 0 radical (unpaired) electrons. The van der Waals surface area contributed by atoms with Gasteiger partial charge in [-0.1, -0.05) is 17.7 Å². The van der Waals surface area contributed by atoms with Crippen LogP contribution in [0.3, 0.4) is 0 Å². The van der Waals surface area contributed by atoms with Gasteiger partial charge in [-0.05, 0) is 31.5 Å².